The van der Waals surface area contributed by atoms with E-state index in [2.05, 4.69) is 5.32 Å². The molecular formula is C22H28N2O3. The van der Waals surface area contributed by atoms with Crippen LogP contribution in [-0.4, -0.2) is 21.2 Å². The number of amides is 1. The van der Waals surface area contributed by atoms with Gasteiger partial charge in [-0.3, -0.25) is 9.59 Å². The fourth-order valence-electron chi connectivity index (χ4n) is 5.03. The van der Waals surface area contributed by atoms with Crippen molar-refractivity contribution in [1.29, 1.82) is 0 Å². The Balaban J connectivity index is 1.54. The minimum absolute atomic E-state index is 0.0423. The Kier molecular flexibility index (Phi) is 4.58. The van der Waals surface area contributed by atoms with E-state index in [1.807, 2.05) is 12.1 Å². The molecule has 2 aliphatic rings. The van der Waals surface area contributed by atoms with Crippen LogP contribution < -0.4 is 10.9 Å². The number of hydrogen-bond donors (Lipinski definition) is 2. The zero-order valence-corrected chi connectivity index (χ0v) is 16.1. The molecule has 2 aliphatic carbocycles. The van der Waals surface area contributed by atoms with Crippen LogP contribution in [0.5, 0.6) is 0 Å². The highest BCUT2D eigenvalue weighted by Gasteiger charge is 2.40. The number of carbonyl (C=O) groups excluding carboxylic acids is 1. The van der Waals surface area contributed by atoms with E-state index in [1.165, 1.54) is 30.3 Å². The summed E-state index contributed by atoms with van der Waals surface area (Å²) in [6, 6.07) is 7.26. The van der Waals surface area contributed by atoms with Crippen molar-refractivity contribution in [1.82, 2.24) is 4.57 Å². The summed E-state index contributed by atoms with van der Waals surface area (Å²) in [6.07, 6.45) is 7.37. The number of aromatic nitrogens is 1. The average Bonchev–Trinajstić information content (AvgIpc) is 3.19. The Labute approximate surface area is 159 Å². The third-order valence-electron chi connectivity index (χ3n) is 6.18. The van der Waals surface area contributed by atoms with Gasteiger partial charge in [-0.2, -0.15) is 0 Å². The van der Waals surface area contributed by atoms with Crippen LogP contribution >= 0.6 is 0 Å². The molecule has 1 unspecified atom stereocenters. The average molecular weight is 368 g/mol. The van der Waals surface area contributed by atoms with Gasteiger partial charge in [0.2, 0.25) is 5.91 Å². The molecule has 1 amide bonds. The van der Waals surface area contributed by atoms with Gasteiger partial charge in [0.05, 0.1) is 12.1 Å². The number of hydrogen-bond acceptors (Lipinski definition) is 3. The van der Waals surface area contributed by atoms with Crippen LogP contribution in [-0.2, 0) is 11.3 Å². The first-order valence-electron chi connectivity index (χ1n) is 9.94. The van der Waals surface area contributed by atoms with Gasteiger partial charge in [-0.1, -0.05) is 12.5 Å². The second kappa shape index (κ2) is 6.79. The fraction of sp³-hybridized carbons (Fsp3) is 0.545. The summed E-state index contributed by atoms with van der Waals surface area (Å²) in [5.74, 6) is 2.12. The van der Waals surface area contributed by atoms with Crippen molar-refractivity contribution in [2.24, 2.45) is 17.8 Å². The van der Waals surface area contributed by atoms with E-state index >= 15 is 0 Å². The topological polar surface area (TPSA) is 71.3 Å². The Hall–Kier alpha value is -2.14. The lowest BCUT2D eigenvalue weighted by molar-refractivity contribution is -0.117. The molecule has 27 heavy (non-hydrogen) atoms. The number of aliphatic hydroxyl groups is 1. The summed E-state index contributed by atoms with van der Waals surface area (Å²) in [5.41, 5.74) is -0.434. The van der Waals surface area contributed by atoms with Crippen molar-refractivity contribution in [2.75, 3.05) is 5.32 Å². The van der Waals surface area contributed by atoms with Crippen molar-refractivity contribution in [2.45, 2.75) is 58.1 Å². The highest BCUT2D eigenvalue weighted by atomic mass is 16.3. The van der Waals surface area contributed by atoms with Gasteiger partial charge in [-0.15, -0.1) is 0 Å². The third kappa shape index (κ3) is 3.79. The zero-order valence-electron chi connectivity index (χ0n) is 16.1. The van der Waals surface area contributed by atoms with Gasteiger partial charge in [-0.25, -0.2) is 0 Å². The molecule has 0 saturated heterocycles. The number of nitrogens with zero attached hydrogens (tertiary/aromatic N) is 1. The first-order chi connectivity index (χ1) is 12.8. The normalized spacial score (nSPS) is 24.5. The van der Waals surface area contributed by atoms with Gasteiger partial charge in [0.25, 0.3) is 5.56 Å². The third-order valence-corrected chi connectivity index (χ3v) is 6.18. The van der Waals surface area contributed by atoms with Crippen LogP contribution in [0.4, 0.5) is 5.69 Å². The summed E-state index contributed by atoms with van der Waals surface area (Å²) in [5, 5.41) is 14.3. The van der Waals surface area contributed by atoms with Gasteiger partial charge < -0.3 is 15.0 Å². The van der Waals surface area contributed by atoms with Crippen molar-refractivity contribution < 1.29 is 9.90 Å². The number of anilines is 1. The summed E-state index contributed by atoms with van der Waals surface area (Å²) >= 11 is 0. The van der Waals surface area contributed by atoms with E-state index in [9.17, 15) is 14.7 Å². The Morgan fingerprint density at radius 1 is 1.22 bits per heavy atom. The quantitative estimate of drug-likeness (QED) is 0.848. The maximum absolute atomic E-state index is 12.7. The molecule has 0 aliphatic heterocycles. The molecule has 4 rings (SSSR count). The molecule has 0 spiro atoms. The number of carbonyl (C=O) groups is 1. The number of fused-ring (bicyclic) bond motifs is 3. The highest BCUT2D eigenvalue weighted by molar-refractivity contribution is 6.01. The summed E-state index contributed by atoms with van der Waals surface area (Å²) in [6.45, 7) is 3.58. The second-order valence-corrected chi connectivity index (χ2v) is 9.02. The van der Waals surface area contributed by atoms with Crippen LogP contribution in [0.3, 0.4) is 0 Å². The van der Waals surface area contributed by atoms with Gasteiger partial charge in [0.15, 0.2) is 0 Å². The van der Waals surface area contributed by atoms with E-state index in [0.717, 1.165) is 17.2 Å². The fourth-order valence-corrected chi connectivity index (χ4v) is 5.03. The number of benzene rings is 1. The zero-order chi connectivity index (χ0) is 19.2. The Bertz CT molecular complexity index is 925. The van der Waals surface area contributed by atoms with Crippen LogP contribution in [0.2, 0.25) is 0 Å². The lowest BCUT2D eigenvalue weighted by Gasteiger charge is -2.21. The van der Waals surface area contributed by atoms with Gasteiger partial charge >= 0.3 is 0 Å². The largest absolute Gasteiger partial charge is 0.389 e. The molecule has 1 aromatic heterocycles. The van der Waals surface area contributed by atoms with Crippen molar-refractivity contribution >= 4 is 22.4 Å². The smallest absolute Gasteiger partial charge is 0.258 e. The Morgan fingerprint density at radius 3 is 2.70 bits per heavy atom. The van der Waals surface area contributed by atoms with Gasteiger partial charge in [-0.05, 0) is 69.1 Å². The Morgan fingerprint density at radius 2 is 2.04 bits per heavy atom. The maximum Gasteiger partial charge on any atom is 0.258 e. The molecule has 2 aromatic rings. The minimum atomic E-state index is -0.968. The molecule has 144 valence electrons. The first-order valence-corrected chi connectivity index (χ1v) is 9.94. The van der Waals surface area contributed by atoms with E-state index in [4.69, 9.17) is 0 Å². The molecular weight excluding hydrogens is 340 g/mol. The molecule has 2 saturated carbocycles. The van der Waals surface area contributed by atoms with Crippen LogP contribution in [0.25, 0.3) is 10.8 Å². The predicted molar refractivity (Wildman–Crippen MR) is 107 cm³/mol. The molecule has 3 atom stereocenters. The monoisotopic (exact) mass is 368 g/mol. The second-order valence-electron chi connectivity index (χ2n) is 9.02. The minimum Gasteiger partial charge on any atom is -0.389 e. The van der Waals surface area contributed by atoms with Crippen molar-refractivity contribution in [3.8, 4) is 0 Å². The van der Waals surface area contributed by atoms with Crippen molar-refractivity contribution in [3.05, 3.63) is 40.8 Å². The number of pyridine rings is 1. The maximum atomic E-state index is 12.7. The highest BCUT2D eigenvalue weighted by Crippen LogP contribution is 2.49. The molecule has 0 radical (unpaired) electrons. The van der Waals surface area contributed by atoms with Crippen LogP contribution in [0.15, 0.2) is 35.3 Å². The first kappa shape index (κ1) is 18.2. The molecule has 1 aromatic carbocycles. The lowest BCUT2D eigenvalue weighted by atomic mass is 9.86. The molecule has 1 heterocycles. The van der Waals surface area contributed by atoms with E-state index < -0.39 is 5.60 Å². The molecule has 5 heteroatoms. The predicted octanol–water partition coefficient (Wildman–Crippen LogP) is 3.54. The molecule has 5 nitrogen and oxygen atoms in total. The lowest BCUT2D eigenvalue weighted by Crippen LogP contribution is -2.32. The summed E-state index contributed by atoms with van der Waals surface area (Å²) in [7, 11) is 0. The standard InChI is InChI=1S/C22H28N2O3/c1-22(2,27)13-24-9-8-17-18(21(24)26)4-3-5-19(17)23-20(25)12-16-11-14-6-7-15(16)10-14/h3-5,8-9,14-16,27H,6-7,10-13H2,1-2H3,(H,23,25)/t14-,15+,16?/m1/s1. The summed E-state index contributed by atoms with van der Waals surface area (Å²) in [4.78, 5) is 25.3. The van der Waals surface area contributed by atoms with Crippen molar-refractivity contribution in [3.63, 3.8) is 0 Å². The van der Waals surface area contributed by atoms with E-state index in [-0.39, 0.29) is 18.0 Å². The van der Waals surface area contributed by atoms with Crippen LogP contribution in [0, 0.1) is 17.8 Å². The number of nitrogens with one attached hydrogen (secondary N) is 1. The SMILES string of the molecule is CC(C)(O)Cn1ccc2c(NC(=O)CC3C[C@@H]4CC[C@H]3C4)cccc2c1=O. The van der Waals surface area contributed by atoms with E-state index in [1.54, 1.807) is 32.2 Å². The number of rotatable bonds is 5. The van der Waals surface area contributed by atoms with Gasteiger partial charge in [0.1, 0.15) is 0 Å². The summed E-state index contributed by atoms with van der Waals surface area (Å²) < 4.78 is 1.52. The van der Waals surface area contributed by atoms with Gasteiger partial charge in [0, 0.05) is 29.1 Å². The van der Waals surface area contributed by atoms with Crippen LogP contribution in [0.1, 0.15) is 46.0 Å². The van der Waals surface area contributed by atoms with E-state index in [0.29, 0.717) is 23.4 Å². The molecule has 2 bridgehead atoms. The molecule has 2 fully saturated rings. The molecule has 2 N–H and O–H groups in total.